The summed E-state index contributed by atoms with van der Waals surface area (Å²) in [6, 6.07) is -0.245. The van der Waals surface area contributed by atoms with E-state index < -0.39 is 11.7 Å². The maximum absolute atomic E-state index is 12.3. The topological polar surface area (TPSA) is 99.9 Å². The second-order valence-electron chi connectivity index (χ2n) is 6.31. The van der Waals surface area contributed by atoms with E-state index in [9.17, 15) is 9.59 Å². The predicted octanol–water partition coefficient (Wildman–Crippen LogP) is 1.00. The minimum atomic E-state index is -0.617. The van der Waals surface area contributed by atoms with Gasteiger partial charge in [-0.15, -0.1) is 0 Å². The van der Waals surface area contributed by atoms with E-state index in [4.69, 9.17) is 9.84 Å². The summed E-state index contributed by atoms with van der Waals surface area (Å²) in [5.74, 6) is 0.365. The van der Waals surface area contributed by atoms with Crippen molar-refractivity contribution in [2.75, 3.05) is 36.5 Å². The molecule has 1 saturated heterocycles. The molecule has 0 spiro atoms. The van der Waals surface area contributed by atoms with Crippen molar-refractivity contribution in [1.29, 1.82) is 0 Å². The fourth-order valence-electron chi connectivity index (χ4n) is 2.29. The van der Waals surface area contributed by atoms with Crippen LogP contribution in [0.3, 0.4) is 0 Å². The fraction of sp³-hybridized carbons (Fsp3) is 0.643. The molecule has 0 aromatic carbocycles. The largest absolute Gasteiger partial charge is 0.444 e. The standard InChI is InChI=1S/C14H23N5O4/c1-14(2,3)23-12(21)15-10-9-17(4)16-11(10)19-6-5-18(7-8-20)13(19)22/h9,20H,5-8H2,1-4H3,(H,15,21). The van der Waals surface area contributed by atoms with Crippen molar-refractivity contribution >= 4 is 23.6 Å². The molecule has 2 heterocycles. The van der Waals surface area contributed by atoms with Crippen LogP contribution in [-0.2, 0) is 11.8 Å². The zero-order valence-corrected chi connectivity index (χ0v) is 13.9. The highest BCUT2D eigenvalue weighted by Crippen LogP contribution is 2.27. The molecule has 2 N–H and O–H groups in total. The van der Waals surface area contributed by atoms with Gasteiger partial charge in [0.1, 0.15) is 11.3 Å². The lowest BCUT2D eigenvalue weighted by molar-refractivity contribution is 0.0636. The molecule has 3 amide bonds. The minimum absolute atomic E-state index is 0.0924. The molecule has 1 aromatic heterocycles. The Morgan fingerprint density at radius 3 is 2.74 bits per heavy atom. The SMILES string of the molecule is Cn1cc(NC(=O)OC(C)(C)C)c(N2CCN(CCO)C2=O)n1. The van der Waals surface area contributed by atoms with Crippen LogP contribution in [0, 0.1) is 0 Å². The number of amides is 3. The van der Waals surface area contributed by atoms with E-state index in [1.165, 1.54) is 14.5 Å². The molecule has 128 valence electrons. The van der Waals surface area contributed by atoms with Crippen molar-refractivity contribution in [2.24, 2.45) is 7.05 Å². The molecule has 23 heavy (non-hydrogen) atoms. The van der Waals surface area contributed by atoms with E-state index in [1.54, 1.807) is 34.0 Å². The zero-order chi connectivity index (χ0) is 17.2. The average Bonchev–Trinajstić information content (AvgIpc) is 2.92. The van der Waals surface area contributed by atoms with Gasteiger partial charge in [0.25, 0.3) is 0 Å². The lowest BCUT2D eigenvalue weighted by atomic mass is 10.2. The number of aromatic nitrogens is 2. The molecule has 0 saturated carbocycles. The van der Waals surface area contributed by atoms with Gasteiger partial charge >= 0.3 is 12.1 Å². The Morgan fingerprint density at radius 1 is 1.43 bits per heavy atom. The van der Waals surface area contributed by atoms with Crippen LogP contribution < -0.4 is 10.2 Å². The van der Waals surface area contributed by atoms with Crippen LogP contribution in [0.5, 0.6) is 0 Å². The normalized spacial score (nSPS) is 15.3. The Bertz CT molecular complexity index is 592. The summed E-state index contributed by atoms with van der Waals surface area (Å²) in [5, 5.41) is 15.9. The number of urea groups is 1. The van der Waals surface area contributed by atoms with Crippen LogP contribution >= 0.6 is 0 Å². The summed E-state index contributed by atoms with van der Waals surface area (Å²) in [7, 11) is 1.70. The molecule has 1 aromatic rings. The highest BCUT2D eigenvalue weighted by atomic mass is 16.6. The maximum atomic E-state index is 12.3. The van der Waals surface area contributed by atoms with Crippen molar-refractivity contribution in [2.45, 2.75) is 26.4 Å². The number of anilines is 2. The fourth-order valence-corrected chi connectivity index (χ4v) is 2.29. The van der Waals surface area contributed by atoms with Gasteiger partial charge in [-0.3, -0.25) is 14.9 Å². The number of hydrogen-bond donors (Lipinski definition) is 2. The molecule has 1 fully saturated rings. The smallest absolute Gasteiger partial charge is 0.412 e. The second kappa shape index (κ2) is 6.45. The highest BCUT2D eigenvalue weighted by molar-refractivity contribution is 5.98. The molecule has 0 aliphatic carbocycles. The number of rotatable bonds is 4. The Kier molecular flexibility index (Phi) is 4.79. The summed E-state index contributed by atoms with van der Waals surface area (Å²) in [6.07, 6.45) is 1.01. The molecule has 9 heteroatoms. The van der Waals surface area contributed by atoms with E-state index in [0.717, 1.165) is 0 Å². The Morgan fingerprint density at radius 2 is 2.13 bits per heavy atom. The van der Waals surface area contributed by atoms with Gasteiger partial charge in [-0.1, -0.05) is 0 Å². The predicted molar refractivity (Wildman–Crippen MR) is 84.5 cm³/mol. The minimum Gasteiger partial charge on any atom is -0.444 e. The third kappa shape index (κ3) is 4.13. The molecule has 1 aliphatic rings. The first kappa shape index (κ1) is 17.1. The van der Waals surface area contributed by atoms with Gasteiger partial charge in [-0.25, -0.2) is 9.59 Å². The van der Waals surface area contributed by atoms with Gasteiger partial charge in [0.15, 0.2) is 5.82 Å². The molecule has 0 radical (unpaired) electrons. The van der Waals surface area contributed by atoms with Crippen LogP contribution in [0.1, 0.15) is 20.8 Å². The van der Waals surface area contributed by atoms with Gasteiger partial charge < -0.3 is 14.7 Å². The monoisotopic (exact) mass is 325 g/mol. The number of carbonyl (C=O) groups excluding carboxylic acids is 2. The summed E-state index contributed by atoms with van der Waals surface area (Å²) in [6.45, 7) is 6.44. The van der Waals surface area contributed by atoms with Crippen molar-refractivity contribution in [1.82, 2.24) is 14.7 Å². The summed E-state index contributed by atoms with van der Waals surface area (Å²) < 4.78 is 6.74. The van der Waals surface area contributed by atoms with E-state index >= 15 is 0 Å². The number of hydrogen-bond acceptors (Lipinski definition) is 5. The van der Waals surface area contributed by atoms with E-state index in [2.05, 4.69) is 10.4 Å². The average molecular weight is 325 g/mol. The number of aliphatic hydroxyl groups is 1. The molecule has 0 atom stereocenters. The molecule has 0 unspecified atom stereocenters. The lowest BCUT2D eigenvalue weighted by Gasteiger charge is -2.20. The van der Waals surface area contributed by atoms with Crippen LogP contribution in [0.4, 0.5) is 21.1 Å². The van der Waals surface area contributed by atoms with Gasteiger partial charge in [-0.2, -0.15) is 5.10 Å². The molecular weight excluding hydrogens is 302 g/mol. The number of aliphatic hydroxyl groups excluding tert-OH is 1. The number of aryl methyl sites for hydroxylation is 1. The Balaban J connectivity index is 2.15. The number of carbonyl (C=O) groups is 2. The van der Waals surface area contributed by atoms with Crippen molar-refractivity contribution in [3.63, 3.8) is 0 Å². The number of nitrogens with one attached hydrogen (secondary N) is 1. The lowest BCUT2D eigenvalue weighted by Crippen LogP contribution is -2.34. The van der Waals surface area contributed by atoms with Gasteiger partial charge in [0.05, 0.1) is 12.8 Å². The first-order chi connectivity index (χ1) is 10.7. The highest BCUT2D eigenvalue weighted by Gasteiger charge is 2.33. The van der Waals surface area contributed by atoms with Crippen molar-refractivity contribution < 1.29 is 19.4 Å². The van der Waals surface area contributed by atoms with Gasteiger partial charge in [-0.05, 0) is 20.8 Å². The van der Waals surface area contributed by atoms with Crippen LogP contribution in [0.25, 0.3) is 0 Å². The van der Waals surface area contributed by atoms with Crippen molar-refractivity contribution in [3.8, 4) is 0 Å². The van der Waals surface area contributed by atoms with E-state index in [0.29, 0.717) is 24.6 Å². The quantitative estimate of drug-likeness (QED) is 0.860. The number of nitrogens with zero attached hydrogens (tertiary/aromatic N) is 4. The summed E-state index contributed by atoms with van der Waals surface area (Å²) in [4.78, 5) is 27.3. The molecule has 1 aliphatic heterocycles. The molecule has 9 nitrogen and oxygen atoms in total. The Labute approximate surface area is 134 Å². The van der Waals surface area contributed by atoms with Crippen LogP contribution in [0.15, 0.2) is 6.20 Å². The van der Waals surface area contributed by atoms with Crippen molar-refractivity contribution in [3.05, 3.63) is 6.20 Å². The first-order valence-corrected chi connectivity index (χ1v) is 7.42. The van der Waals surface area contributed by atoms with E-state index in [1.807, 2.05) is 0 Å². The van der Waals surface area contributed by atoms with Crippen LogP contribution in [0.2, 0.25) is 0 Å². The summed E-state index contributed by atoms with van der Waals surface area (Å²) >= 11 is 0. The number of β-amino-alcohol motifs (C(OH)–C–C–N with tert-alkyl or cyclic N) is 1. The Hall–Kier alpha value is -2.29. The van der Waals surface area contributed by atoms with Gasteiger partial charge in [0.2, 0.25) is 0 Å². The van der Waals surface area contributed by atoms with Crippen LogP contribution in [-0.4, -0.2) is 63.8 Å². The third-order valence-corrected chi connectivity index (χ3v) is 3.17. The molecular formula is C14H23N5O4. The maximum Gasteiger partial charge on any atom is 0.412 e. The second-order valence-corrected chi connectivity index (χ2v) is 6.31. The molecule has 0 bridgehead atoms. The molecule has 2 rings (SSSR count). The zero-order valence-electron chi connectivity index (χ0n) is 13.9. The summed E-state index contributed by atoms with van der Waals surface area (Å²) in [5.41, 5.74) is -0.214. The van der Waals surface area contributed by atoms with E-state index in [-0.39, 0.29) is 19.2 Å². The van der Waals surface area contributed by atoms with Gasteiger partial charge in [0, 0.05) is 26.7 Å². The first-order valence-electron chi connectivity index (χ1n) is 7.42. The third-order valence-electron chi connectivity index (χ3n) is 3.17. The number of ether oxygens (including phenoxy) is 1.